The zero-order chi connectivity index (χ0) is 22.3. The largest absolute Gasteiger partial charge is 0.497 e. The fourth-order valence-electron chi connectivity index (χ4n) is 3.60. The highest BCUT2D eigenvalue weighted by Crippen LogP contribution is 2.18. The third kappa shape index (κ3) is 5.45. The Hall–Kier alpha value is -3.39. The Kier molecular flexibility index (Phi) is 7.01. The number of carbonyl (C=O) groups excluding carboxylic acids is 2. The Morgan fingerprint density at radius 3 is 2.50 bits per heavy atom. The molecule has 0 unspecified atom stereocenters. The molecule has 0 spiro atoms. The van der Waals surface area contributed by atoms with E-state index >= 15 is 0 Å². The van der Waals surface area contributed by atoms with Crippen LogP contribution in [0.15, 0.2) is 59.4 Å². The number of rotatable bonds is 7. The molecule has 0 saturated carbocycles. The molecular formula is C24H25N3O4S. The summed E-state index contributed by atoms with van der Waals surface area (Å²) in [5.74, 6) is 1.38. The van der Waals surface area contributed by atoms with Crippen LogP contribution in [0, 0.1) is 0 Å². The highest BCUT2D eigenvalue weighted by atomic mass is 32.1. The topological polar surface area (TPSA) is 72.0 Å². The molecule has 2 aromatic carbocycles. The fourth-order valence-corrected chi connectivity index (χ4v) is 4.14. The van der Waals surface area contributed by atoms with Gasteiger partial charge in [0.1, 0.15) is 18.1 Å². The molecule has 0 bridgehead atoms. The van der Waals surface area contributed by atoms with E-state index in [0.717, 1.165) is 17.0 Å². The van der Waals surface area contributed by atoms with E-state index in [1.54, 1.807) is 29.7 Å². The van der Waals surface area contributed by atoms with E-state index in [2.05, 4.69) is 4.98 Å². The van der Waals surface area contributed by atoms with E-state index in [-0.39, 0.29) is 11.8 Å². The monoisotopic (exact) mass is 451 g/mol. The van der Waals surface area contributed by atoms with Crippen molar-refractivity contribution >= 4 is 23.2 Å². The molecule has 166 valence electrons. The molecule has 8 heteroatoms. The van der Waals surface area contributed by atoms with Gasteiger partial charge >= 0.3 is 0 Å². The number of ether oxygens (including phenoxy) is 2. The second-order valence-electron chi connectivity index (χ2n) is 7.50. The van der Waals surface area contributed by atoms with Gasteiger partial charge in [0, 0.05) is 37.1 Å². The highest BCUT2D eigenvalue weighted by Gasteiger charge is 2.25. The fraction of sp³-hybridized carbons (Fsp3) is 0.292. The third-order valence-corrected chi connectivity index (χ3v) is 6.00. The lowest BCUT2D eigenvalue weighted by atomic mass is 10.1. The SMILES string of the molecule is COc1cccc(CC(=O)N2CCN(C(=O)c3cccc(OCc4cscn4)c3)CC2)c1. The lowest BCUT2D eigenvalue weighted by molar-refractivity contribution is -0.131. The van der Waals surface area contributed by atoms with Gasteiger partial charge in [0.15, 0.2) is 0 Å². The van der Waals surface area contributed by atoms with E-state index in [1.165, 1.54) is 11.3 Å². The maximum atomic E-state index is 13.0. The van der Waals surface area contributed by atoms with E-state index in [0.29, 0.717) is 50.5 Å². The standard InChI is InChI=1S/C24H25N3O4S/c1-30-21-6-2-4-18(12-21)13-23(28)26-8-10-27(11-9-26)24(29)19-5-3-7-22(14-19)31-15-20-16-32-17-25-20/h2-7,12,14,16-17H,8-11,13,15H2,1H3. The number of methoxy groups -OCH3 is 1. The third-order valence-electron chi connectivity index (χ3n) is 5.36. The Morgan fingerprint density at radius 2 is 1.75 bits per heavy atom. The number of thiazole rings is 1. The maximum Gasteiger partial charge on any atom is 0.254 e. The number of hydrogen-bond donors (Lipinski definition) is 0. The summed E-state index contributed by atoms with van der Waals surface area (Å²) in [4.78, 5) is 33.5. The molecule has 2 heterocycles. The zero-order valence-corrected chi connectivity index (χ0v) is 18.7. The van der Waals surface area contributed by atoms with Crippen LogP contribution >= 0.6 is 11.3 Å². The van der Waals surface area contributed by atoms with Crippen molar-refractivity contribution in [3.8, 4) is 11.5 Å². The number of amides is 2. The number of carbonyl (C=O) groups is 2. The van der Waals surface area contributed by atoms with Crippen LogP contribution in [0.5, 0.6) is 11.5 Å². The predicted molar refractivity (Wildman–Crippen MR) is 122 cm³/mol. The van der Waals surface area contributed by atoms with E-state index in [9.17, 15) is 9.59 Å². The van der Waals surface area contributed by atoms with Gasteiger partial charge in [0.25, 0.3) is 5.91 Å². The Bertz CT molecular complexity index is 1060. The molecule has 0 N–H and O–H groups in total. The number of nitrogens with zero attached hydrogens (tertiary/aromatic N) is 3. The van der Waals surface area contributed by atoms with E-state index < -0.39 is 0 Å². The summed E-state index contributed by atoms with van der Waals surface area (Å²) >= 11 is 1.52. The van der Waals surface area contributed by atoms with Gasteiger partial charge in [-0.05, 0) is 35.9 Å². The first-order valence-electron chi connectivity index (χ1n) is 10.4. The molecule has 0 aliphatic carbocycles. The number of hydrogen-bond acceptors (Lipinski definition) is 6. The average molecular weight is 452 g/mol. The zero-order valence-electron chi connectivity index (χ0n) is 17.9. The van der Waals surface area contributed by atoms with Crippen LogP contribution in [0.1, 0.15) is 21.6 Å². The molecule has 3 aromatic rings. The summed E-state index contributed by atoms with van der Waals surface area (Å²) < 4.78 is 11.0. The summed E-state index contributed by atoms with van der Waals surface area (Å²) in [6, 6.07) is 14.7. The molecule has 1 aliphatic rings. The minimum absolute atomic E-state index is 0.0518. The van der Waals surface area contributed by atoms with Crippen LogP contribution in [0.2, 0.25) is 0 Å². The first-order valence-corrected chi connectivity index (χ1v) is 11.4. The summed E-state index contributed by atoms with van der Waals surface area (Å²) in [7, 11) is 1.61. The molecule has 2 amide bonds. The summed E-state index contributed by atoms with van der Waals surface area (Å²) in [5.41, 5.74) is 4.13. The van der Waals surface area contributed by atoms with Crippen molar-refractivity contribution in [1.29, 1.82) is 0 Å². The lowest BCUT2D eigenvalue weighted by Crippen LogP contribution is -2.51. The van der Waals surface area contributed by atoms with Gasteiger partial charge in [-0.3, -0.25) is 9.59 Å². The van der Waals surface area contributed by atoms with Gasteiger partial charge in [-0.25, -0.2) is 4.98 Å². The molecule has 32 heavy (non-hydrogen) atoms. The van der Waals surface area contributed by atoms with Crippen molar-refractivity contribution in [1.82, 2.24) is 14.8 Å². The van der Waals surface area contributed by atoms with E-state index in [4.69, 9.17) is 9.47 Å². The number of piperazine rings is 1. The molecular weight excluding hydrogens is 426 g/mol. The van der Waals surface area contributed by atoms with Crippen molar-refractivity contribution in [2.75, 3.05) is 33.3 Å². The number of aromatic nitrogens is 1. The molecule has 0 atom stereocenters. The van der Waals surface area contributed by atoms with Crippen molar-refractivity contribution in [3.05, 3.63) is 76.2 Å². The molecule has 1 aromatic heterocycles. The second-order valence-corrected chi connectivity index (χ2v) is 8.22. The van der Waals surface area contributed by atoms with E-state index in [1.807, 2.05) is 46.7 Å². The quantitative estimate of drug-likeness (QED) is 0.551. The average Bonchev–Trinajstić information content (AvgIpc) is 3.36. The van der Waals surface area contributed by atoms with Gasteiger partial charge in [0.2, 0.25) is 5.91 Å². The number of benzene rings is 2. The van der Waals surface area contributed by atoms with Gasteiger partial charge in [-0.2, -0.15) is 0 Å². The minimum Gasteiger partial charge on any atom is -0.497 e. The van der Waals surface area contributed by atoms with Crippen molar-refractivity contribution in [2.45, 2.75) is 13.0 Å². The normalized spacial score (nSPS) is 13.7. The molecule has 1 aliphatic heterocycles. The van der Waals surface area contributed by atoms with Gasteiger partial charge in [-0.1, -0.05) is 18.2 Å². The lowest BCUT2D eigenvalue weighted by Gasteiger charge is -2.35. The molecule has 1 fully saturated rings. The first-order chi connectivity index (χ1) is 15.6. The Morgan fingerprint density at radius 1 is 1.00 bits per heavy atom. The van der Waals surface area contributed by atoms with Crippen molar-refractivity contribution in [2.24, 2.45) is 0 Å². The van der Waals surface area contributed by atoms with Gasteiger partial charge < -0.3 is 19.3 Å². The highest BCUT2D eigenvalue weighted by molar-refractivity contribution is 7.07. The minimum atomic E-state index is -0.0518. The molecule has 0 radical (unpaired) electrons. The van der Waals surface area contributed by atoms with Crippen LogP contribution in [0.3, 0.4) is 0 Å². The van der Waals surface area contributed by atoms with Crippen molar-refractivity contribution in [3.63, 3.8) is 0 Å². The summed E-state index contributed by atoms with van der Waals surface area (Å²) in [6.45, 7) is 2.43. The van der Waals surface area contributed by atoms with Crippen LogP contribution in [0.25, 0.3) is 0 Å². The molecule has 1 saturated heterocycles. The Labute approximate surface area is 191 Å². The van der Waals surface area contributed by atoms with Crippen LogP contribution < -0.4 is 9.47 Å². The molecule has 4 rings (SSSR count). The Balaban J connectivity index is 1.30. The van der Waals surface area contributed by atoms with Gasteiger partial charge in [0.05, 0.1) is 24.7 Å². The summed E-state index contributed by atoms with van der Waals surface area (Å²) in [6.07, 6.45) is 0.323. The first kappa shape index (κ1) is 21.8. The van der Waals surface area contributed by atoms with Gasteiger partial charge in [-0.15, -0.1) is 11.3 Å². The van der Waals surface area contributed by atoms with Crippen LogP contribution in [0.4, 0.5) is 0 Å². The van der Waals surface area contributed by atoms with Crippen molar-refractivity contribution < 1.29 is 19.1 Å². The molecule has 7 nitrogen and oxygen atoms in total. The second kappa shape index (κ2) is 10.3. The summed E-state index contributed by atoms with van der Waals surface area (Å²) in [5, 5.41) is 1.93. The smallest absolute Gasteiger partial charge is 0.254 e. The van der Waals surface area contributed by atoms with Crippen LogP contribution in [-0.2, 0) is 17.8 Å². The maximum absolute atomic E-state index is 13.0. The van der Waals surface area contributed by atoms with Crippen LogP contribution in [-0.4, -0.2) is 59.9 Å². The predicted octanol–water partition coefficient (Wildman–Crippen LogP) is 3.26.